The molecule has 1 aliphatic heterocycles. The van der Waals surface area contributed by atoms with E-state index in [-0.39, 0.29) is 0 Å². The highest BCUT2D eigenvalue weighted by atomic mass is 15.1. The fraction of sp³-hybridized carbons (Fsp3) is 0.0286. The Bertz CT molecular complexity index is 4550. The predicted octanol–water partition coefficient (Wildman–Crippen LogP) is 17.6. The van der Waals surface area contributed by atoms with Gasteiger partial charge in [0.25, 0.3) is 0 Å². The van der Waals surface area contributed by atoms with E-state index >= 15 is 0 Å². The zero-order valence-electron chi connectivity index (χ0n) is 39.1. The SMILES string of the molecule is c1ccc2c(c1)-c1ccc(N(c3ccc4c(c3)C3(c5ccccc5-4)c4ccccc4-n4c5ccccc5c5cccc3c54)c3ccc4ccccc4c3)cc1C21c2ccccc2-c2c1ccc1ccccc21. The number of anilines is 3. The number of hydrogen-bond donors (Lipinski definition) is 0. The molecule has 0 radical (unpaired) electrons. The highest BCUT2D eigenvalue weighted by molar-refractivity contribution is 6.13. The molecule has 2 heterocycles. The molecule has 2 unspecified atom stereocenters. The van der Waals surface area contributed by atoms with Crippen LogP contribution in [0.2, 0.25) is 0 Å². The highest BCUT2D eigenvalue weighted by Crippen LogP contribution is 2.65. The van der Waals surface area contributed by atoms with Gasteiger partial charge in [0, 0.05) is 27.8 Å². The Morgan fingerprint density at radius 2 is 0.764 bits per heavy atom. The van der Waals surface area contributed by atoms with Crippen LogP contribution in [0, 0.1) is 0 Å². The van der Waals surface area contributed by atoms with Crippen molar-refractivity contribution in [2.45, 2.75) is 10.8 Å². The Kier molecular flexibility index (Phi) is 7.37. The van der Waals surface area contributed by atoms with Gasteiger partial charge in [0.2, 0.25) is 0 Å². The molecule has 0 fully saturated rings. The summed E-state index contributed by atoms with van der Waals surface area (Å²) in [5, 5.41) is 7.56. The fourth-order valence-electron chi connectivity index (χ4n) is 14.5. The lowest BCUT2D eigenvalue weighted by molar-refractivity contribution is 0.748. The molecule has 0 bridgehead atoms. The van der Waals surface area contributed by atoms with E-state index < -0.39 is 10.8 Å². The molecule has 1 aromatic heterocycles. The molecule has 2 nitrogen and oxygen atoms in total. The van der Waals surface area contributed by atoms with E-state index in [0.29, 0.717) is 0 Å². The Morgan fingerprint density at radius 1 is 0.278 bits per heavy atom. The summed E-state index contributed by atoms with van der Waals surface area (Å²) < 4.78 is 2.53. The van der Waals surface area contributed by atoms with Crippen molar-refractivity contribution in [1.82, 2.24) is 4.57 Å². The summed E-state index contributed by atoms with van der Waals surface area (Å²) in [6, 6.07) is 96.8. The van der Waals surface area contributed by atoms with Crippen molar-refractivity contribution in [2.24, 2.45) is 0 Å². The Hall–Kier alpha value is -9.24. The van der Waals surface area contributed by atoms with Crippen LogP contribution in [0.25, 0.3) is 82.4 Å². The number of benzene rings is 12. The van der Waals surface area contributed by atoms with Crippen molar-refractivity contribution in [1.29, 1.82) is 0 Å². The van der Waals surface area contributed by atoms with Crippen molar-refractivity contribution in [3.63, 3.8) is 0 Å². The summed E-state index contributed by atoms with van der Waals surface area (Å²) in [7, 11) is 0. The van der Waals surface area contributed by atoms with Gasteiger partial charge in [-0.2, -0.15) is 0 Å². The lowest BCUT2D eigenvalue weighted by Crippen LogP contribution is -2.33. The minimum Gasteiger partial charge on any atom is -0.310 e. The second-order valence-corrected chi connectivity index (χ2v) is 20.2. The number of para-hydroxylation sites is 3. The zero-order valence-corrected chi connectivity index (χ0v) is 39.1. The molecule has 0 amide bonds. The molecule has 0 saturated carbocycles. The molecular weight excluding hydrogens is 869 g/mol. The normalized spacial score (nSPS) is 17.0. The monoisotopic (exact) mass is 910 g/mol. The maximum Gasteiger partial charge on any atom is 0.0755 e. The standard InChI is InChI=1S/C70H42N2/c1-2-18-45-40-46(34-32-43(45)16-1)71(47-35-37-52-50-20-5-9-25-57(50)69(63(52)41-47)59-27-11-7-23-56(59)67-49-19-4-3-17-44(49)33-39-61(67)69)48-36-38-53-51-21-6-10-26-58(51)70(64(53)42-48)60-28-12-14-31-66(60)72-65-30-13-8-22-54(65)55-24-15-29-62(70)68(55)72/h1-42H. The van der Waals surface area contributed by atoms with E-state index in [2.05, 4.69) is 264 Å². The summed E-state index contributed by atoms with van der Waals surface area (Å²) in [4.78, 5) is 2.54. The average Bonchev–Trinajstić information content (AvgIpc) is 4.14. The van der Waals surface area contributed by atoms with Crippen LogP contribution in [-0.2, 0) is 10.8 Å². The number of hydrogen-bond acceptors (Lipinski definition) is 1. The third kappa shape index (κ3) is 4.58. The molecule has 2 heteroatoms. The summed E-state index contributed by atoms with van der Waals surface area (Å²) in [5.41, 5.74) is 24.4. The third-order valence-electron chi connectivity index (χ3n) is 17.1. The summed E-state index contributed by atoms with van der Waals surface area (Å²) in [6.45, 7) is 0. The number of nitrogens with zero attached hydrogens (tertiary/aromatic N) is 2. The minimum atomic E-state index is -0.582. The zero-order chi connectivity index (χ0) is 46.9. The first kappa shape index (κ1) is 38.6. The maximum atomic E-state index is 2.54. The van der Waals surface area contributed by atoms with Crippen LogP contribution in [0.4, 0.5) is 17.1 Å². The molecule has 17 rings (SSSR count). The van der Waals surface area contributed by atoms with Gasteiger partial charge >= 0.3 is 0 Å². The third-order valence-corrected chi connectivity index (χ3v) is 17.1. The Labute approximate surface area is 417 Å². The average molecular weight is 911 g/mol. The summed E-state index contributed by atoms with van der Waals surface area (Å²) in [5.74, 6) is 0. The largest absolute Gasteiger partial charge is 0.310 e. The molecule has 0 saturated heterocycles. The van der Waals surface area contributed by atoms with Gasteiger partial charge in [0.05, 0.1) is 27.6 Å². The molecule has 4 aliphatic rings. The molecule has 2 atom stereocenters. The highest BCUT2D eigenvalue weighted by Gasteiger charge is 2.53. The molecular formula is C70H42N2. The molecule has 332 valence electrons. The van der Waals surface area contributed by atoms with E-state index in [1.54, 1.807) is 0 Å². The van der Waals surface area contributed by atoms with Crippen LogP contribution >= 0.6 is 0 Å². The minimum absolute atomic E-state index is 0.514. The first-order valence-electron chi connectivity index (χ1n) is 25.3. The maximum absolute atomic E-state index is 2.54. The first-order chi connectivity index (χ1) is 35.7. The molecule has 3 aliphatic carbocycles. The number of aromatic nitrogens is 1. The van der Waals surface area contributed by atoms with Crippen molar-refractivity contribution in [3.8, 4) is 39.1 Å². The predicted molar refractivity (Wildman–Crippen MR) is 298 cm³/mol. The van der Waals surface area contributed by atoms with Gasteiger partial charge in [-0.25, -0.2) is 0 Å². The summed E-state index contributed by atoms with van der Waals surface area (Å²) in [6.07, 6.45) is 0. The lowest BCUT2D eigenvalue weighted by Gasteiger charge is -2.40. The van der Waals surface area contributed by atoms with Gasteiger partial charge in [-0.05, 0) is 148 Å². The van der Waals surface area contributed by atoms with E-state index in [4.69, 9.17) is 0 Å². The van der Waals surface area contributed by atoms with E-state index in [9.17, 15) is 0 Å². The van der Waals surface area contributed by atoms with Crippen molar-refractivity contribution in [3.05, 3.63) is 299 Å². The summed E-state index contributed by atoms with van der Waals surface area (Å²) >= 11 is 0. The van der Waals surface area contributed by atoms with Crippen LogP contribution in [0.1, 0.15) is 44.5 Å². The van der Waals surface area contributed by atoms with Gasteiger partial charge < -0.3 is 9.47 Å². The van der Waals surface area contributed by atoms with Gasteiger partial charge in [0.15, 0.2) is 0 Å². The van der Waals surface area contributed by atoms with Gasteiger partial charge in [0.1, 0.15) is 0 Å². The molecule has 0 N–H and O–H groups in total. The van der Waals surface area contributed by atoms with Gasteiger partial charge in [-0.1, -0.05) is 206 Å². The molecule has 13 aromatic rings. The van der Waals surface area contributed by atoms with Crippen LogP contribution in [0.3, 0.4) is 0 Å². The smallest absolute Gasteiger partial charge is 0.0755 e. The second kappa shape index (κ2) is 13.8. The van der Waals surface area contributed by atoms with Gasteiger partial charge in [-0.15, -0.1) is 0 Å². The Morgan fingerprint density at radius 3 is 1.50 bits per heavy atom. The van der Waals surface area contributed by atoms with Crippen molar-refractivity contribution in [2.75, 3.05) is 4.90 Å². The Balaban J connectivity index is 0.960. The van der Waals surface area contributed by atoms with Crippen LogP contribution in [0.15, 0.2) is 255 Å². The lowest BCUT2D eigenvalue weighted by atomic mass is 9.65. The first-order valence-corrected chi connectivity index (χ1v) is 25.3. The van der Waals surface area contributed by atoms with E-state index in [0.717, 1.165) is 17.1 Å². The second-order valence-electron chi connectivity index (χ2n) is 20.2. The topological polar surface area (TPSA) is 8.17 Å². The number of fused-ring (bicyclic) bond motifs is 25. The quantitative estimate of drug-likeness (QED) is 0.171. The van der Waals surface area contributed by atoms with Crippen molar-refractivity contribution < 1.29 is 0 Å². The molecule has 2 spiro atoms. The van der Waals surface area contributed by atoms with Gasteiger partial charge in [-0.3, -0.25) is 0 Å². The number of rotatable bonds is 3. The van der Waals surface area contributed by atoms with Crippen LogP contribution in [-0.4, -0.2) is 4.57 Å². The van der Waals surface area contributed by atoms with Crippen LogP contribution < -0.4 is 4.90 Å². The van der Waals surface area contributed by atoms with E-state index in [1.807, 2.05) is 0 Å². The van der Waals surface area contributed by atoms with E-state index in [1.165, 1.54) is 127 Å². The molecule has 72 heavy (non-hydrogen) atoms. The molecule has 12 aromatic carbocycles. The fourth-order valence-corrected chi connectivity index (χ4v) is 14.5. The van der Waals surface area contributed by atoms with Crippen LogP contribution in [0.5, 0.6) is 0 Å². The van der Waals surface area contributed by atoms with Crippen molar-refractivity contribution >= 4 is 60.4 Å².